The van der Waals surface area contributed by atoms with Gasteiger partial charge in [0.1, 0.15) is 6.42 Å². The van der Waals surface area contributed by atoms with E-state index in [1.165, 1.54) is 0 Å². The third-order valence-corrected chi connectivity index (χ3v) is 2.26. The van der Waals surface area contributed by atoms with Gasteiger partial charge < -0.3 is 10.8 Å². The summed E-state index contributed by atoms with van der Waals surface area (Å²) in [7, 11) is 0. The molecular formula is C10H15NO2. The summed E-state index contributed by atoms with van der Waals surface area (Å²) in [5.74, 6) is 5.11. The molecule has 1 rings (SSSR count). The minimum Gasteiger partial charge on any atom is -0.481 e. The monoisotopic (exact) mass is 181 g/mol. The molecule has 0 amide bonds. The highest BCUT2D eigenvalue weighted by atomic mass is 16.4. The van der Waals surface area contributed by atoms with Crippen LogP contribution in [0.2, 0.25) is 0 Å². The Labute approximate surface area is 78.3 Å². The van der Waals surface area contributed by atoms with Crippen LogP contribution in [0.1, 0.15) is 32.1 Å². The van der Waals surface area contributed by atoms with Crippen molar-refractivity contribution in [3.8, 4) is 11.8 Å². The average molecular weight is 181 g/mol. The molecule has 1 aliphatic rings. The zero-order valence-electron chi connectivity index (χ0n) is 7.62. The largest absolute Gasteiger partial charge is 0.481 e. The van der Waals surface area contributed by atoms with Gasteiger partial charge in [-0.2, -0.15) is 0 Å². The molecule has 0 spiro atoms. The normalized spacial score (nSPS) is 27.5. The smallest absolute Gasteiger partial charge is 0.315 e. The molecule has 1 aliphatic carbocycles. The van der Waals surface area contributed by atoms with Crippen LogP contribution in [0.3, 0.4) is 0 Å². The molecule has 0 aromatic rings. The number of carbonyl (C=O) groups is 1. The summed E-state index contributed by atoms with van der Waals surface area (Å²) in [5, 5.41) is 8.37. The molecule has 3 heteroatoms. The molecule has 0 radical (unpaired) electrons. The second-order valence-corrected chi connectivity index (χ2v) is 3.52. The van der Waals surface area contributed by atoms with E-state index in [2.05, 4.69) is 11.8 Å². The summed E-state index contributed by atoms with van der Waals surface area (Å²) < 4.78 is 0. The van der Waals surface area contributed by atoms with Crippen LogP contribution in [0.25, 0.3) is 0 Å². The van der Waals surface area contributed by atoms with Gasteiger partial charge in [-0.15, -0.1) is 0 Å². The number of nitrogens with two attached hydrogens (primary N) is 1. The number of rotatable bonds is 1. The molecule has 1 fully saturated rings. The lowest BCUT2D eigenvalue weighted by Gasteiger charge is -2.22. The predicted octanol–water partition coefficient (Wildman–Crippen LogP) is 0.982. The van der Waals surface area contributed by atoms with Gasteiger partial charge in [0.2, 0.25) is 0 Å². The highest BCUT2D eigenvalue weighted by Crippen LogP contribution is 2.22. The standard InChI is InChI=1S/C10H15NO2/c11-9-5-1-3-8(7-9)4-2-6-10(12)13/h8-9H,1,3,5-7,11H2,(H,12,13). The minimum absolute atomic E-state index is 0.0499. The van der Waals surface area contributed by atoms with E-state index in [1.807, 2.05) is 0 Å². The summed E-state index contributed by atoms with van der Waals surface area (Å²) in [4.78, 5) is 10.2. The molecule has 13 heavy (non-hydrogen) atoms. The number of hydrogen-bond acceptors (Lipinski definition) is 2. The SMILES string of the molecule is NC1CCCC(C#CCC(=O)O)C1. The molecule has 3 N–H and O–H groups in total. The van der Waals surface area contributed by atoms with Crippen molar-refractivity contribution >= 4 is 5.97 Å². The van der Waals surface area contributed by atoms with Crippen LogP contribution < -0.4 is 5.73 Å². The lowest BCUT2D eigenvalue weighted by molar-refractivity contribution is -0.135. The van der Waals surface area contributed by atoms with Crippen LogP contribution in [0.15, 0.2) is 0 Å². The first-order valence-corrected chi connectivity index (χ1v) is 4.64. The van der Waals surface area contributed by atoms with Gasteiger partial charge in [-0.3, -0.25) is 4.79 Å². The summed E-state index contributed by atoms with van der Waals surface area (Å²) in [6, 6.07) is 0.262. The van der Waals surface area contributed by atoms with Crippen LogP contribution >= 0.6 is 0 Å². The first-order chi connectivity index (χ1) is 6.18. The molecular weight excluding hydrogens is 166 g/mol. The highest BCUT2D eigenvalue weighted by molar-refractivity contribution is 5.69. The molecule has 0 aliphatic heterocycles. The average Bonchev–Trinajstić information content (AvgIpc) is 2.03. The summed E-state index contributed by atoms with van der Waals surface area (Å²) in [6.07, 6.45) is 4.14. The van der Waals surface area contributed by atoms with E-state index < -0.39 is 5.97 Å². The Hall–Kier alpha value is -1.01. The summed E-state index contributed by atoms with van der Waals surface area (Å²) in [6.45, 7) is 0. The molecule has 0 heterocycles. The topological polar surface area (TPSA) is 63.3 Å². The Balaban J connectivity index is 2.33. The van der Waals surface area contributed by atoms with Gasteiger partial charge in [-0.1, -0.05) is 18.3 Å². The van der Waals surface area contributed by atoms with Crippen molar-refractivity contribution in [2.24, 2.45) is 11.7 Å². The molecule has 72 valence electrons. The summed E-state index contributed by atoms with van der Waals surface area (Å²) >= 11 is 0. The maximum Gasteiger partial charge on any atom is 0.315 e. The fourth-order valence-electron chi connectivity index (χ4n) is 1.63. The molecule has 2 atom stereocenters. The number of aliphatic carboxylic acids is 1. The molecule has 0 saturated heterocycles. The minimum atomic E-state index is -0.854. The van der Waals surface area contributed by atoms with Crippen molar-refractivity contribution in [1.82, 2.24) is 0 Å². The Kier molecular flexibility index (Phi) is 3.78. The van der Waals surface area contributed by atoms with Crippen molar-refractivity contribution < 1.29 is 9.90 Å². The third kappa shape index (κ3) is 3.95. The van der Waals surface area contributed by atoms with E-state index >= 15 is 0 Å². The van der Waals surface area contributed by atoms with Gasteiger partial charge in [0.05, 0.1) is 0 Å². The van der Waals surface area contributed by atoms with E-state index in [0.717, 1.165) is 25.7 Å². The number of carboxylic acids is 1. The van der Waals surface area contributed by atoms with Gasteiger partial charge in [0, 0.05) is 12.0 Å². The quantitative estimate of drug-likeness (QED) is 0.593. The van der Waals surface area contributed by atoms with Crippen LogP contribution in [0, 0.1) is 17.8 Å². The Morgan fingerprint density at radius 1 is 1.54 bits per heavy atom. The van der Waals surface area contributed by atoms with Crippen LogP contribution in [0.4, 0.5) is 0 Å². The highest BCUT2D eigenvalue weighted by Gasteiger charge is 2.16. The van der Waals surface area contributed by atoms with E-state index in [0.29, 0.717) is 5.92 Å². The molecule has 1 saturated carbocycles. The molecule has 0 aromatic heterocycles. The molecule has 0 aromatic carbocycles. The van der Waals surface area contributed by atoms with Gasteiger partial charge in [0.25, 0.3) is 0 Å². The van der Waals surface area contributed by atoms with Crippen molar-refractivity contribution in [3.05, 3.63) is 0 Å². The van der Waals surface area contributed by atoms with Crippen LogP contribution in [0.5, 0.6) is 0 Å². The van der Waals surface area contributed by atoms with E-state index in [1.54, 1.807) is 0 Å². The number of hydrogen-bond donors (Lipinski definition) is 2. The first kappa shape index (κ1) is 10.1. The van der Waals surface area contributed by atoms with Crippen LogP contribution in [-0.4, -0.2) is 17.1 Å². The Morgan fingerprint density at radius 2 is 2.31 bits per heavy atom. The predicted molar refractivity (Wildman–Crippen MR) is 50.0 cm³/mol. The lowest BCUT2D eigenvalue weighted by Crippen LogP contribution is -2.27. The van der Waals surface area contributed by atoms with Crippen molar-refractivity contribution in [3.63, 3.8) is 0 Å². The Bertz CT molecular complexity index is 239. The Morgan fingerprint density at radius 3 is 2.92 bits per heavy atom. The van der Waals surface area contributed by atoms with E-state index in [4.69, 9.17) is 10.8 Å². The zero-order chi connectivity index (χ0) is 9.68. The van der Waals surface area contributed by atoms with Crippen LogP contribution in [-0.2, 0) is 4.79 Å². The third-order valence-electron chi connectivity index (χ3n) is 2.26. The second-order valence-electron chi connectivity index (χ2n) is 3.52. The van der Waals surface area contributed by atoms with E-state index in [9.17, 15) is 4.79 Å². The fraction of sp³-hybridized carbons (Fsp3) is 0.700. The first-order valence-electron chi connectivity index (χ1n) is 4.64. The van der Waals surface area contributed by atoms with Crippen molar-refractivity contribution in [1.29, 1.82) is 0 Å². The fourth-order valence-corrected chi connectivity index (χ4v) is 1.63. The number of carboxylic acid groups (broad SMARTS) is 1. The van der Waals surface area contributed by atoms with Gasteiger partial charge in [-0.05, 0) is 19.3 Å². The van der Waals surface area contributed by atoms with Crippen molar-refractivity contribution in [2.75, 3.05) is 0 Å². The van der Waals surface area contributed by atoms with Gasteiger partial charge in [0.15, 0.2) is 0 Å². The molecule has 3 nitrogen and oxygen atoms in total. The van der Waals surface area contributed by atoms with Crippen molar-refractivity contribution in [2.45, 2.75) is 38.1 Å². The van der Waals surface area contributed by atoms with Gasteiger partial charge >= 0.3 is 5.97 Å². The summed E-state index contributed by atoms with van der Waals surface area (Å²) in [5.41, 5.74) is 5.77. The maximum absolute atomic E-state index is 10.2. The second kappa shape index (κ2) is 4.88. The zero-order valence-corrected chi connectivity index (χ0v) is 7.62. The molecule has 0 bridgehead atoms. The lowest BCUT2D eigenvalue weighted by atomic mass is 9.86. The maximum atomic E-state index is 10.2. The van der Waals surface area contributed by atoms with E-state index in [-0.39, 0.29) is 12.5 Å². The van der Waals surface area contributed by atoms with Gasteiger partial charge in [-0.25, -0.2) is 0 Å². The molecule has 2 unspecified atom stereocenters.